The molecule has 1 unspecified atom stereocenters. The van der Waals surface area contributed by atoms with Crippen molar-refractivity contribution < 1.29 is 4.39 Å². The van der Waals surface area contributed by atoms with E-state index in [1.807, 2.05) is 6.92 Å². The average molecular weight is 228 g/mol. The van der Waals surface area contributed by atoms with Crippen molar-refractivity contribution >= 4 is 11.6 Å². The lowest BCUT2D eigenvalue weighted by Gasteiger charge is -2.19. The minimum atomic E-state index is -0.175. The van der Waals surface area contributed by atoms with Gasteiger partial charge in [0.2, 0.25) is 0 Å². The SMILES string of the molecule is CC(N)C1(Cc2cc(Cl)ccc2F)CC1. The second-order valence-electron chi connectivity index (χ2n) is 4.56. The fourth-order valence-electron chi connectivity index (χ4n) is 2.01. The zero-order chi connectivity index (χ0) is 11.1. The summed E-state index contributed by atoms with van der Waals surface area (Å²) in [7, 11) is 0. The molecule has 1 saturated carbocycles. The van der Waals surface area contributed by atoms with E-state index in [1.165, 1.54) is 6.07 Å². The molecule has 1 atom stereocenters. The monoisotopic (exact) mass is 227 g/mol. The van der Waals surface area contributed by atoms with E-state index in [0.29, 0.717) is 17.0 Å². The van der Waals surface area contributed by atoms with E-state index in [-0.39, 0.29) is 17.3 Å². The summed E-state index contributed by atoms with van der Waals surface area (Å²) in [5.74, 6) is -0.175. The maximum atomic E-state index is 13.5. The van der Waals surface area contributed by atoms with Gasteiger partial charge in [0.15, 0.2) is 0 Å². The first-order chi connectivity index (χ1) is 7.03. The summed E-state index contributed by atoms with van der Waals surface area (Å²) in [5, 5.41) is 0.590. The van der Waals surface area contributed by atoms with Crippen molar-refractivity contribution in [3.63, 3.8) is 0 Å². The second kappa shape index (κ2) is 3.76. The van der Waals surface area contributed by atoms with Crippen LogP contribution < -0.4 is 5.73 Å². The molecule has 1 aromatic rings. The first kappa shape index (κ1) is 10.9. The van der Waals surface area contributed by atoms with Gasteiger partial charge in [0.1, 0.15) is 5.82 Å². The molecule has 1 nitrogen and oxygen atoms in total. The molecule has 2 rings (SSSR count). The Bertz CT molecular complexity index is 372. The van der Waals surface area contributed by atoms with Crippen LogP contribution in [0.3, 0.4) is 0 Å². The summed E-state index contributed by atoms with van der Waals surface area (Å²) in [4.78, 5) is 0. The molecule has 15 heavy (non-hydrogen) atoms. The average Bonchev–Trinajstić information content (AvgIpc) is 2.92. The molecule has 1 fully saturated rings. The first-order valence-electron chi connectivity index (χ1n) is 5.23. The molecule has 0 aliphatic heterocycles. The molecule has 3 heteroatoms. The van der Waals surface area contributed by atoms with Crippen molar-refractivity contribution in [2.45, 2.75) is 32.2 Å². The van der Waals surface area contributed by atoms with Crippen LogP contribution in [0, 0.1) is 11.2 Å². The number of rotatable bonds is 3. The van der Waals surface area contributed by atoms with E-state index in [9.17, 15) is 4.39 Å². The molecule has 0 radical (unpaired) electrons. The molecule has 0 heterocycles. The van der Waals surface area contributed by atoms with Gasteiger partial charge in [0.25, 0.3) is 0 Å². The predicted octanol–water partition coefficient (Wildman–Crippen LogP) is 3.15. The van der Waals surface area contributed by atoms with Gasteiger partial charge in [-0.1, -0.05) is 11.6 Å². The van der Waals surface area contributed by atoms with Crippen LogP contribution in [0.15, 0.2) is 18.2 Å². The predicted molar refractivity (Wildman–Crippen MR) is 60.4 cm³/mol. The third-order valence-corrected chi connectivity index (χ3v) is 3.64. The van der Waals surface area contributed by atoms with Crippen molar-refractivity contribution in [3.8, 4) is 0 Å². The lowest BCUT2D eigenvalue weighted by atomic mass is 9.90. The van der Waals surface area contributed by atoms with Crippen LogP contribution in [0.4, 0.5) is 4.39 Å². The highest BCUT2D eigenvalue weighted by Crippen LogP contribution is 2.50. The smallest absolute Gasteiger partial charge is 0.126 e. The van der Waals surface area contributed by atoms with Crippen LogP contribution in [0.2, 0.25) is 5.02 Å². The standard InChI is InChI=1S/C12H15ClFN/c1-8(15)12(4-5-12)7-9-6-10(13)2-3-11(9)14/h2-3,6,8H,4-5,7,15H2,1H3. The summed E-state index contributed by atoms with van der Waals surface area (Å²) >= 11 is 5.85. The second-order valence-corrected chi connectivity index (χ2v) is 5.00. The van der Waals surface area contributed by atoms with Crippen molar-refractivity contribution in [3.05, 3.63) is 34.6 Å². The van der Waals surface area contributed by atoms with Gasteiger partial charge >= 0.3 is 0 Å². The number of hydrogen-bond acceptors (Lipinski definition) is 1. The van der Waals surface area contributed by atoms with Gasteiger partial charge < -0.3 is 5.73 Å². The summed E-state index contributed by atoms with van der Waals surface area (Å²) in [6.45, 7) is 2.00. The number of nitrogens with two attached hydrogens (primary N) is 1. The zero-order valence-corrected chi connectivity index (χ0v) is 9.52. The van der Waals surface area contributed by atoms with E-state index in [1.54, 1.807) is 12.1 Å². The van der Waals surface area contributed by atoms with E-state index in [0.717, 1.165) is 12.8 Å². The Morgan fingerprint density at radius 1 is 1.53 bits per heavy atom. The molecule has 0 bridgehead atoms. The minimum absolute atomic E-state index is 0.117. The minimum Gasteiger partial charge on any atom is -0.327 e. The van der Waals surface area contributed by atoms with Gasteiger partial charge in [0.05, 0.1) is 0 Å². The maximum Gasteiger partial charge on any atom is 0.126 e. The lowest BCUT2D eigenvalue weighted by molar-refractivity contribution is 0.411. The van der Waals surface area contributed by atoms with Crippen LogP contribution in [0.1, 0.15) is 25.3 Å². The highest BCUT2D eigenvalue weighted by Gasteiger charge is 2.46. The van der Waals surface area contributed by atoms with E-state index < -0.39 is 0 Å². The normalized spacial score (nSPS) is 20.0. The van der Waals surface area contributed by atoms with Gasteiger partial charge in [-0.2, -0.15) is 0 Å². The van der Waals surface area contributed by atoms with Gasteiger partial charge in [-0.15, -0.1) is 0 Å². The quantitative estimate of drug-likeness (QED) is 0.844. The molecular weight excluding hydrogens is 213 g/mol. The third kappa shape index (κ3) is 2.16. The largest absolute Gasteiger partial charge is 0.327 e. The van der Waals surface area contributed by atoms with E-state index in [2.05, 4.69) is 0 Å². The van der Waals surface area contributed by atoms with Crippen LogP contribution in [0.5, 0.6) is 0 Å². The molecule has 82 valence electrons. The van der Waals surface area contributed by atoms with Gasteiger partial charge in [-0.25, -0.2) is 4.39 Å². The Morgan fingerprint density at radius 3 is 2.73 bits per heavy atom. The lowest BCUT2D eigenvalue weighted by Crippen LogP contribution is -2.30. The summed E-state index contributed by atoms with van der Waals surface area (Å²) in [5.41, 5.74) is 6.72. The fraction of sp³-hybridized carbons (Fsp3) is 0.500. The van der Waals surface area contributed by atoms with Gasteiger partial charge in [-0.3, -0.25) is 0 Å². The Hall–Kier alpha value is -0.600. The Labute approximate surface area is 94.4 Å². The molecule has 0 amide bonds. The highest BCUT2D eigenvalue weighted by atomic mass is 35.5. The topological polar surface area (TPSA) is 26.0 Å². The third-order valence-electron chi connectivity index (χ3n) is 3.41. The van der Waals surface area contributed by atoms with Crippen molar-refractivity contribution in [1.29, 1.82) is 0 Å². The van der Waals surface area contributed by atoms with Crippen LogP contribution in [-0.4, -0.2) is 6.04 Å². The Kier molecular flexibility index (Phi) is 2.73. The number of hydrogen-bond donors (Lipinski definition) is 1. The zero-order valence-electron chi connectivity index (χ0n) is 8.76. The van der Waals surface area contributed by atoms with Gasteiger partial charge in [-0.05, 0) is 55.4 Å². The van der Waals surface area contributed by atoms with E-state index in [4.69, 9.17) is 17.3 Å². The Morgan fingerprint density at radius 2 is 2.20 bits per heavy atom. The first-order valence-corrected chi connectivity index (χ1v) is 5.61. The van der Waals surface area contributed by atoms with Crippen molar-refractivity contribution in [2.24, 2.45) is 11.1 Å². The number of benzene rings is 1. The van der Waals surface area contributed by atoms with Crippen molar-refractivity contribution in [1.82, 2.24) is 0 Å². The van der Waals surface area contributed by atoms with Crippen LogP contribution >= 0.6 is 11.6 Å². The molecule has 1 aromatic carbocycles. The Balaban J connectivity index is 2.21. The molecule has 0 spiro atoms. The highest BCUT2D eigenvalue weighted by molar-refractivity contribution is 6.30. The van der Waals surface area contributed by atoms with Crippen LogP contribution in [0.25, 0.3) is 0 Å². The molecule has 0 aromatic heterocycles. The molecule has 2 N–H and O–H groups in total. The summed E-state index contributed by atoms with van der Waals surface area (Å²) in [6.07, 6.45) is 2.89. The maximum absolute atomic E-state index is 13.5. The molecule has 1 aliphatic rings. The molecule has 1 aliphatic carbocycles. The summed E-state index contributed by atoms with van der Waals surface area (Å²) < 4.78 is 13.5. The van der Waals surface area contributed by atoms with Crippen molar-refractivity contribution in [2.75, 3.05) is 0 Å². The van der Waals surface area contributed by atoms with E-state index >= 15 is 0 Å². The molecular formula is C12H15ClFN. The fourth-order valence-corrected chi connectivity index (χ4v) is 2.21. The molecule has 0 saturated heterocycles. The van der Waals surface area contributed by atoms with Gasteiger partial charge in [0, 0.05) is 11.1 Å². The summed E-state index contributed by atoms with van der Waals surface area (Å²) in [6, 6.07) is 4.83. The van der Waals surface area contributed by atoms with Crippen LogP contribution in [-0.2, 0) is 6.42 Å². The number of halogens is 2.